The smallest absolute Gasteiger partial charge is 0.129 e. The van der Waals surface area contributed by atoms with Crippen molar-refractivity contribution < 1.29 is 9.13 Å². The Morgan fingerprint density at radius 2 is 1.85 bits per heavy atom. The lowest BCUT2D eigenvalue weighted by molar-refractivity contribution is 0.202. The zero-order valence-electron chi connectivity index (χ0n) is 11.1. The minimum atomic E-state index is -0.597. The largest absolute Gasteiger partial charge is 0.384 e. The van der Waals surface area contributed by atoms with Gasteiger partial charge in [0.1, 0.15) is 5.82 Å². The molecule has 0 aliphatic rings. The van der Waals surface area contributed by atoms with Gasteiger partial charge in [-0.15, -0.1) is 11.6 Å². The van der Waals surface area contributed by atoms with Crippen molar-refractivity contribution in [3.63, 3.8) is 0 Å². The van der Waals surface area contributed by atoms with Crippen molar-refractivity contribution in [2.75, 3.05) is 13.7 Å². The molecule has 1 nitrogen and oxygen atoms in total. The molecule has 106 valence electrons. The standard InChI is InChI=1S/C16H15Cl2FO/c1-20-10-9-11-5-7-12(8-6-11)16(18)15-13(17)3-2-4-14(15)19/h2-8,16H,9-10H2,1H3. The summed E-state index contributed by atoms with van der Waals surface area (Å²) in [6.07, 6.45) is 0.837. The number of rotatable bonds is 5. The van der Waals surface area contributed by atoms with Crippen LogP contribution in [0.5, 0.6) is 0 Å². The number of ether oxygens (including phenoxy) is 1. The Bertz CT molecular complexity index is 549. The van der Waals surface area contributed by atoms with Crippen LogP contribution in [0.4, 0.5) is 4.39 Å². The van der Waals surface area contributed by atoms with Crippen LogP contribution < -0.4 is 0 Å². The second-order valence-electron chi connectivity index (χ2n) is 4.48. The normalized spacial score (nSPS) is 12.4. The monoisotopic (exact) mass is 312 g/mol. The summed E-state index contributed by atoms with van der Waals surface area (Å²) in [5.41, 5.74) is 2.29. The Morgan fingerprint density at radius 3 is 2.45 bits per heavy atom. The van der Waals surface area contributed by atoms with Crippen molar-refractivity contribution >= 4 is 23.2 Å². The van der Waals surface area contributed by atoms with Gasteiger partial charge in [-0.05, 0) is 29.7 Å². The maximum atomic E-state index is 13.8. The molecule has 0 radical (unpaired) electrons. The number of hydrogen-bond donors (Lipinski definition) is 0. The molecule has 0 heterocycles. The van der Waals surface area contributed by atoms with Crippen molar-refractivity contribution in [2.24, 2.45) is 0 Å². The highest BCUT2D eigenvalue weighted by Gasteiger charge is 2.18. The Hall–Kier alpha value is -1.09. The van der Waals surface area contributed by atoms with Crippen molar-refractivity contribution in [1.29, 1.82) is 0 Å². The Labute approximate surface area is 128 Å². The molecule has 0 aromatic heterocycles. The van der Waals surface area contributed by atoms with E-state index in [0.29, 0.717) is 17.2 Å². The van der Waals surface area contributed by atoms with Crippen LogP contribution in [0.15, 0.2) is 42.5 Å². The molecule has 0 saturated carbocycles. The molecule has 0 bridgehead atoms. The molecule has 2 rings (SSSR count). The molecule has 0 spiro atoms. The highest BCUT2D eigenvalue weighted by atomic mass is 35.5. The van der Waals surface area contributed by atoms with Crippen molar-refractivity contribution in [1.82, 2.24) is 0 Å². The first-order valence-electron chi connectivity index (χ1n) is 6.29. The van der Waals surface area contributed by atoms with Gasteiger partial charge in [0, 0.05) is 17.7 Å². The third-order valence-corrected chi connectivity index (χ3v) is 3.92. The topological polar surface area (TPSA) is 9.23 Å². The fourth-order valence-electron chi connectivity index (χ4n) is 1.99. The lowest BCUT2D eigenvalue weighted by Crippen LogP contribution is -1.99. The highest BCUT2D eigenvalue weighted by Crippen LogP contribution is 2.35. The van der Waals surface area contributed by atoms with Crippen molar-refractivity contribution in [3.8, 4) is 0 Å². The summed E-state index contributed by atoms with van der Waals surface area (Å²) in [4.78, 5) is 0. The molecule has 20 heavy (non-hydrogen) atoms. The molecular weight excluding hydrogens is 298 g/mol. The van der Waals surface area contributed by atoms with Crippen LogP contribution in [0.25, 0.3) is 0 Å². The first-order chi connectivity index (χ1) is 9.63. The predicted molar refractivity (Wildman–Crippen MR) is 81.1 cm³/mol. The zero-order chi connectivity index (χ0) is 14.5. The Balaban J connectivity index is 2.23. The Morgan fingerprint density at radius 1 is 1.15 bits per heavy atom. The van der Waals surface area contributed by atoms with Gasteiger partial charge in [-0.1, -0.05) is 41.9 Å². The maximum Gasteiger partial charge on any atom is 0.129 e. The highest BCUT2D eigenvalue weighted by molar-refractivity contribution is 6.33. The molecule has 2 aromatic carbocycles. The third kappa shape index (κ3) is 3.51. The van der Waals surface area contributed by atoms with E-state index in [9.17, 15) is 4.39 Å². The average molecular weight is 313 g/mol. The molecule has 0 amide bonds. The average Bonchev–Trinajstić information content (AvgIpc) is 2.45. The van der Waals surface area contributed by atoms with Gasteiger partial charge < -0.3 is 4.74 Å². The molecule has 0 fully saturated rings. The molecule has 4 heteroatoms. The minimum Gasteiger partial charge on any atom is -0.384 e. The molecule has 1 atom stereocenters. The van der Waals surface area contributed by atoms with Gasteiger partial charge >= 0.3 is 0 Å². The van der Waals surface area contributed by atoms with Gasteiger partial charge in [0.25, 0.3) is 0 Å². The molecule has 0 saturated heterocycles. The first kappa shape index (κ1) is 15.3. The van der Waals surface area contributed by atoms with Crippen LogP contribution in [0.1, 0.15) is 22.1 Å². The van der Waals surface area contributed by atoms with E-state index in [1.54, 1.807) is 19.2 Å². The van der Waals surface area contributed by atoms with Crippen LogP contribution in [-0.2, 0) is 11.2 Å². The van der Waals surface area contributed by atoms with Crippen molar-refractivity contribution in [2.45, 2.75) is 11.8 Å². The fourth-order valence-corrected chi connectivity index (χ4v) is 2.69. The van der Waals surface area contributed by atoms with Gasteiger partial charge in [0.05, 0.1) is 12.0 Å². The van der Waals surface area contributed by atoms with E-state index in [1.807, 2.05) is 24.3 Å². The van der Waals surface area contributed by atoms with E-state index >= 15 is 0 Å². The Kier molecular flexibility index (Phi) is 5.41. The van der Waals surface area contributed by atoms with Crippen LogP contribution >= 0.6 is 23.2 Å². The number of alkyl halides is 1. The van der Waals surface area contributed by atoms with Gasteiger partial charge in [-0.25, -0.2) is 4.39 Å². The van der Waals surface area contributed by atoms with Gasteiger partial charge in [0.2, 0.25) is 0 Å². The van der Waals surface area contributed by atoms with E-state index in [1.165, 1.54) is 6.07 Å². The lowest BCUT2D eigenvalue weighted by Gasteiger charge is -2.13. The van der Waals surface area contributed by atoms with Gasteiger partial charge in [0.15, 0.2) is 0 Å². The summed E-state index contributed by atoms with van der Waals surface area (Å²) in [7, 11) is 1.67. The van der Waals surface area contributed by atoms with Gasteiger partial charge in [-0.2, -0.15) is 0 Å². The molecule has 1 unspecified atom stereocenters. The fraction of sp³-hybridized carbons (Fsp3) is 0.250. The summed E-state index contributed by atoms with van der Waals surface area (Å²) in [6.45, 7) is 0.669. The number of halogens is 3. The van der Waals surface area contributed by atoms with Crippen LogP contribution in [0.3, 0.4) is 0 Å². The minimum absolute atomic E-state index is 0.320. The van der Waals surface area contributed by atoms with E-state index in [0.717, 1.165) is 17.5 Å². The second kappa shape index (κ2) is 7.07. The summed E-state index contributed by atoms with van der Waals surface area (Å²) in [6, 6.07) is 12.3. The predicted octanol–water partition coefficient (Wildman–Crippen LogP) is 5.00. The summed E-state index contributed by atoms with van der Waals surface area (Å²) < 4.78 is 18.9. The summed E-state index contributed by atoms with van der Waals surface area (Å²) in [5.74, 6) is -0.388. The third-order valence-electron chi connectivity index (χ3n) is 3.12. The van der Waals surface area contributed by atoms with Crippen LogP contribution in [0, 0.1) is 5.82 Å². The number of methoxy groups -OCH3 is 1. The molecular formula is C16H15Cl2FO. The molecule has 0 aliphatic carbocycles. The SMILES string of the molecule is COCCc1ccc(C(Cl)c2c(F)cccc2Cl)cc1. The van der Waals surface area contributed by atoms with Crippen molar-refractivity contribution in [3.05, 3.63) is 70.0 Å². The molecule has 2 aromatic rings. The van der Waals surface area contributed by atoms with E-state index in [-0.39, 0.29) is 5.82 Å². The van der Waals surface area contributed by atoms with Crippen LogP contribution in [0.2, 0.25) is 5.02 Å². The number of hydrogen-bond acceptors (Lipinski definition) is 1. The maximum absolute atomic E-state index is 13.8. The summed E-state index contributed by atoms with van der Waals surface area (Å²) in [5, 5.41) is -0.256. The van der Waals surface area contributed by atoms with E-state index in [2.05, 4.69) is 0 Å². The zero-order valence-corrected chi connectivity index (χ0v) is 12.6. The quantitative estimate of drug-likeness (QED) is 0.706. The van der Waals surface area contributed by atoms with E-state index in [4.69, 9.17) is 27.9 Å². The van der Waals surface area contributed by atoms with Gasteiger partial charge in [-0.3, -0.25) is 0 Å². The molecule has 0 aliphatic heterocycles. The summed E-state index contributed by atoms with van der Waals surface area (Å²) >= 11 is 12.4. The van der Waals surface area contributed by atoms with E-state index < -0.39 is 5.38 Å². The number of benzene rings is 2. The lowest BCUT2D eigenvalue weighted by atomic mass is 10.0. The second-order valence-corrected chi connectivity index (χ2v) is 5.33. The first-order valence-corrected chi connectivity index (χ1v) is 7.10. The molecule has 0 N–H and O–H groups in total. The van der Waals surface area contributed by atoms with Crippen LogP contribution in [-0.4, -0.2) is 13.7 Å².